The van der Waals surface area contributed by atoms with Gasteiger partial charge in [-0.15, -0.1) is 11.3 Å². The molecule has 0 fully saturated rings. The van der Waals surface area contributed by atoms with Crippen molar-refractivity contribution in [3.63, 3.8) is 0 Å². The molecule has 90 valence electrons. The highest BCUT2D eigenvalue weighted by Crippen LogP contribution is 2.34. The van der Waals surface area contributed by atoms with E-state index in [1.54, 1.807) is 0 Å². The number of hydrogen-bond acceptors (Lipinski definition) is 3. The maximum atomic E-state index is 6.21. The van der Waals surface area contributed by atoms with Crippen molar-refractivity contribution >= 4 is 50.5 Å². The molecule has 0 aliphatic heterocycles. The summed E-state index contributed by atoms with van der Waals surface area (Å²) in [5.41, 5.74) is 3.69. The topological polar surface area (TPSA) is 38.0 Å². The van der Waals surface area contributed by atoms with Gasteiger partial charge in [-0.3, -0.25) is 5.84 Å². The first kappa shape index (κ1) is 13.3. The first-order chi connectivity index (χ1) is 8.11. The van der Waals surface area contributed by atoms with Gasteiger partial charge >= 0.3 is 0 Å². The molecule has 2 aromatic rings. The lowest BCUT2D eigenvalue weighted by atomic mass is 10.1. The minimum atomic E-state index is -0.145. The number of benzene rings is 1. The van der Waals surface area contributed by atoms with Crippen LogP contribution in [0.4, 0.5) is 0 Å². The van der Waals surface area contributed by atoms with Gasteiger partial charge in [0.1, 0.15) is 0 Å². The Labute approximate surface area is 122 Å². The Morgan fingerprint density at radius 1 is 1.24 bits per heavy atom. The summed E-state index contributed by atoms with van der Waals surface area (Å²) < 4.78 is 1.67. The second-order valence-electron chi connectivity index (χ2n) is 3.41. The lowest BCUT2D eigenvalue weighted by Crippen LogP contribution is -2.28. The van der Waals surface area contributed by atoms with Crippen LogP contribution in [-0.4, -0.2) is 0 Å². The molecule has 1 atom stereocenters. The Morgan fingerprint density at radius 2 is 2.00 bits per heavy atom. The van der Waals surface area contributed by atoms with Crippen molar-refractivity contribution in [2.24, 2.45) is 5.84 Å². The van der Waals surface area contributed by atoms with E-state index in [0.29, 0.717) is 5.02 Å². The fourth-order valence-electron chi connectivity index (χ4n) is 1.54. The molecule has 0 radical (unpaired) electrons. The Morgan fingerprint density at radius 3 is 2.53 bits per heavy atom. The van der Waals surface area contributed by atoms with E-state index >= 15 is 0 Å². The smallest absolute Gasteiger partial charge is 0.0931 e. The van der Waals surface area contributed by atoms with Crippen LogP contribution in [0.1, 0.15) is 16.5 Å². The van der Waals surface area contributed by atoms with Crippen LogP contribution < -0.4 is 11.3 Å². The molecular weight excluding hydrogens is 343 g/mol. The number of nitrogens with one attached hydrogen (secondary N) is 1. The monoisotopic (exact) mass is 350 g/mol. The summed E-state index contributed by atoms with van der Waals surface area (Å²) in [5.74, 6) is 5.60. The zero-order valence-corrected chi connectivity index (χ0v) is 12.5. The molecule has 1 aromatic carbocycles. The van der Waals surface area contributed by atoms with Crippen molar-refractivity contribution in [2.75, 3.05) is 0 Å². The zero-order valence-electron chi connectivity index (χ0n) is 8.58. The Hall–Kier alpha value is -0.100. The van der Waals surface area contributed by atoms with Crippen molar-refractivity contribution in [3.05, 3.63) is 54.6 Å². The predicted octanol–water partition coefficient (Wildman–Crippen LogP) is 4.37. The molecule has 1 heterocycles. The van der Waals surface area contributed by atoms with E-state index in [4.69, 9.17) is 29.0 Å². The van der Waals surface area contributed by atoms with Crippen LogP contribution in [0, 0.1) is 0 Å². The van der Waals surface area contributed by atoms with Crippen molar-refractivity contribution in [1.82, 2.24) is 5.43 Å². The van der Waals surface area contributed by atoms with Crippen molar-refractivity contribution in [3.8, 4) is 0 Å². The van der Waals surface area contributed by atoms with Crippen molar-refractivity contribution in [1.29, 1.82) is 0 Å². The summed E-state index contributed by atoms with van der Waals surface area (Å²) in [4.78, 5) is 1.03. The summed E-state index contributed by atoms with van der Waals surface area (Å²) in [6, 6.07) is 9.35. The van der Waals surface area contributed by atoms with Gasteiger partial charge in [-0.25, -0.2) is 5.43 Å². The molecule has 0 aliphatic carbocycles. The summed E-state index contributed by atoms with van der Waals surface area (Å²) in [6.45, 7) is 0. The predicted molar refractivity (Wildman–Crippen MR) is 77.6 cm³/mol. The fourth-order valence-corrected chi connectivity index (χ4v) is 3.47. The average Bonchev–Trinajstić information content (AvgIpc) is 2.69. The molecule has 6 heteroatoms. The molecule has 0 amide bonds. The molecule has 3 N–H and O–H groups in total. The third kappa shape index (κ3) is 3.02. The van der Waals surface area contributed by atoms with Gasteiger partial charge < -0.3 is 0 Å². The molecule has 0 saturated carbocycles. The van der Waals surface area contributed by atoms with Gasteiger partial charge in [0, 0.05) is 14.4 Å². The molecule has 2 rings (SSSR count). The van der Waals surface area contributed by atoms with Crippen molar-refractivity contribution < 1.29 is 0 Å². The normalized spacial score (nSPS) is 12.7. The minimum Gasteiger partial charge on any atom is -0.271 e. The van der Waals surface area contributed by atoms with Gasteiger partial charge in [-0.1, -0.05) is 45.2 Å². The first-order valence-electron chi connectivity index (χ1n) is 4.78. The largest absolute Gasteiger partial charge is 0.271 e. The highest BCUT2D eigenvalue weighted by Gasteiger charge is 2.17. The Bertz CT molecular complexity index is 530. The average molecular weight is 352 g/mol. The van der Waals surface area contributed by atoms with Gasteiger partial charge in [-0.05, 0) is 29.8 Å². The third-order valence-electron chi connectivity index (χ3n) is 2.32. The number of thiophene rings is 1. The van der Waals surface area contributed by atoms with E-state index in [9.17, 15) is 0 Å². The maximum absolute atomic E-state index is 6.21. The molecule has 1 aromatic heterocycles. The SMILES string of the molecule is NNC(c1ccc(Cl)s1)c1ccc(Br)cc1Cl. The highest BCUT2D eigenvalue weighted by atomic mass is 79.9. The summed E-state index contributed by atoms with van der Waals surface area (Å²) in [5, 5.41) is 0.659. The third-order valence-corrected chi connectivity index (χ3v) is 4.44. The van der Waals surface area contributed by atoms with Crippen LogP contribution in [0.15, 0.2) is 34.8 Å². The zero-order chi connectivity index (χ0) is 12.4. The summed E-state index contributed by atoms with van der Waals surface area (Å²) in [7, 11) is 0. The fraction of sp³-hybridized carbons (Fsp3) is 0.0909. The number of nitrogens with two attached hydrogens (primary N) is 1. The van der Waals surface area contributed by atoms with Crippen LogP contribution in [0.5, 0.6) is 0 Å². The minimum absolute atomic E-state index is 0.145. The maximum Gasteiger partial charge on any atom is 0.0931 e. The number of rotatable bonds is 3. The first-order valence-corrected chi connectivity index (χ1v) is 7.14. The molecule has 0 spiro atoms. The van der Waals surface area contributed by atoms with E-state index in [1.165, 1.54) is 11.3 Å². The van der Waals surface area contributed by atoms with Gasteiger partial charge in [-0.2, -0.15) is 0 Å². The van der Waals surface area contributed by atoms with E-state index in [1.807, 2.05) is 30.3 Å². The molecule has 0 bridgehead atoms. The lowest BCUT2D eigenvalue weighted by Gasteiger charge is -2.16. The Kier molecular flexibility index (Phi) is 4.47. The van der Waals surface area contributed by atoms with E-state index in [-0.39, 0.29) is 6.04 Å². The number of hydrazine groups is 1. The molecule has 1 unspecified atom stereocenters. The number of hydrogen-bond donors (Lipinski definition) is 2. The highest BCUT2D eigenvalue weighted by molar-refractivity contribution is 9.10. The van der Waals surface area contributed by atoms with Gasteiger partial charge in [0.15, 0.2) is 0 Å². The van der Waals surface area contributed by atoms with Gasteiger partial charge in [0.05, 0.1) is 10.4 Å². The van der Waals surface area contributed by atoms with Crippen LogP contribution >= 0.6 is 50.5 Å². The molecule has 0 aliphatic rings. The standard InChI is InChI=1S/C11H9BrCl2N2S/c12-6-1-2-7(8(13)5-6)11(16-15)9-3-4-10(14)17-9/h1-5,11,16H,15H2. The van der Waals surface area contributed by atoms with E-state index in [0.717, 1.165) is 19.2 Å². The summed E-state index contributed by atoms with van der Waals surface area (Å²) >= 11 is 17.0. The summed E-state index contributed by atoms with van der Waals surface area (Å²) in [6.07, 6.45) is 0. The van der Waals surface area contributed by atoms with Crippen LogP contribution in [0.2, 0.25) is 9.36 Å². The van der Waals surface area contributed by atoms with Crippen LogP contribution in [0.25, 0.3) is 0 Å². The van der Waals surface area contributed by atoms with E-state index < -0.39 is 0 Å². The second kappa shape index (κ2) is 5.69. The Balaban J connectivity index is 2.42. The molecule has 0 saturated heterocycles. The van der Waals surface area contributed by atoms with Crippen LogP contribution in [-0.2, 0) is 0 Å². The van der Waals surface area contributed by atoms with Gasteiger partial charge in [0.2, 0.25) is 0 Å². The molecule has 2 nitrogen and oxygen atoms in total. The number of halogens is 3. The second-order valence-corrected chi connectivity index (χ2v) is 6.48. The van der Waals surface area contributed by atoms with Gasteiger partial charge in [0.25, 0.3) is 0 Å². The van der Waals surface area contributed by atoms with Crippen LogP contribution in [0.3, 0.4) is 0 Å². The quantitative estimate of drug-likeness (QED) is 0.636. The molecule has 17 heavy (non-hydrogen) atoms. The van der Waals surface area contributed by atoms with Crippen molar-refractivity contribution in [2.45, 2.75) is 6.04 Å². The lowest BCUT2D eigenvalue weighted by molar-refractivity contribution is 0.646. The molecular formula is C11H9BrCl2N2S. The van der Waals surface area contributed by atoms with E-state index in [2.05, 4.69) is 21.4 Å².